The first kappa shape index (κ1) is 14.8. The molecule has 0 radical (unpaired) electrons. The van der Waals surface area contributed by atoms with E-state index in [1.165, 1.54) is 24.3 Å². The van der Waals surface area contributed by atoms with E-state index in [-0.39, 0.29) is 18.6 Å². The molecule has 6 heteroatoms. The summed E-state index contributed by atoms with van der Waals surface area (Å²) in [5.74, 6) is 0.0801. The fourth-order valence-corrected chi connectivity index (χ4v) is 2.30. The second-order valence-electron chi connectivity index (χ2n) is 5.09. The Morgan fingerprint density at radius 3 is 2.50 bits per heavy atom. The van der Waals surface area contributed by atoms with Gasteiger partial charge in [-0.25, -0.2) is 0 Å². The number of likely N-dealkylation sites (tertiary alicyclic amines) is 1. The van der Waals surface area contributed by atoms with Gasteiger partial charge >= 0.3 is 6.18 Å². The van der Waals surface area contributed by atoms with E-state index in [0.29, 0.717) is 24.9 Å². The molecule has 110 valence electrons. The largest absolute Gasteiger partial charge is 0.478 e. The summed E-state index contributed by atoms with van der Waals surface area (Å²) >= 11 is 0. The topological polar surface area (TPSA) is 29.5 Å². The molecule has 1 fully saturated rings. The third-order valence-electron chi connectivity index (χ3n) is 3.62. The van der Waals surface area contributed by atoms with Crippen molar-refractivity contribution in [3.05, 3.63) is 29.8 Å². The van der Waals surface area contributed by atoms with Crippen molar-refractivity contribution in [3.63, 3.8) is 0 Å². The van der Waals surface area contributed by atoms with Crippen LogP contribution in [0.1, 0.15) is 23.2 Å². The molecular formula is C14H16F3NO2. The van der Waals surface area contributed by atoms with Crippen LogP contribution in [0.15, 0.2) is 24.3 Å². The number of ether oxygens (including phenoxy) is 1. The monoisotopic (exact) mass is 287 g/mol. The molecule has 1 aromatic rings. The van der Waals surface area contributed by atoms with Gasteiger partial charge in [0.2, 0.25) is 5.60 Å². The quantitative estimate of drug-likeness (QED) is 0.801. The van der Waals surface area contributed by atoms with E-state index in [1.807, 2.05) is 4.90 Å². The van der Waals surface area contributed by atoms with Gasteiger partial charge in [0.15, 0.2) is 0 Å². The molecule has 3 nitrogen and oxygen atoms in total. The molecule has 0 amide bonds. The number of benzene rings is 1. The predicted molar refractivity (Wildman–Crippen MR) is 68.0 cm³/mol. The van der Waals surface area contributed by atoms with Crippen LogP contribution in [0, 0.1) is 0 Å². The molecule has 0 N–H and O–H groups in total. The molecule has 1 aromatic carbocycles. The minimum atomic E-state index is -4.44. The van der Waals surface area contributed by atoms with Crippen LogP contribution in [0.3, 0.4) is 0 Å². The normalized spacial score (nSPS) is 19.6. The highest BCUT2D eigenvalue weighted by Crippen LogP contribution is 2.42. The summed E-state index contributed by atoms with van der Waals surface area (Å²) in [6, 6.07) is 5.81. The number of aldehydes is 1. The second-order valence-corrected chi connectivity index (χ2v) is 5.09. The Balaban J connectivity index is 2.26. The number of hydrogen-bond donors (Lipinski definition) is 0. The maximum atomic E-state index is 13.4. The number of carbonyl (C=O) groups excluding carboxylic acids is 1. The average Bonchev–Trinajstić information content (AvgIpc) is 2.40. The van der Waals surface area contributed by atoms with E-state index >= 15 is 0 Å². The number of nitrogens with zero attached hydrogens (tertiary/aromatic N) is 1. The molecule has 0 aliphatic carbocycles. The Kier molecular flexibility index (Phi) is 4.04. The number of rotatable bonds is 3. The van der Waals surface area contributed by atoms with E-state index in [9.17, 15) is 18.0 Å². The summed E-state index contributed by atoms with van der Waals surface area (Å²) in [6.07, 6.45) is -4.08. The Hall–Kier alpha value is -1.56. The lowest BCUT2D eigenvalue weighted by molar-refractivity contribution is -0.260. The van der Waals surface area contributed by atoms with Crippen molar-refractivity contribution >= 4 is 6.29 Å². The molecule has 1 aliphatic rings. The smallest absolute Gasteiger partial charge is 0.428 e. The van der Waals surface area contributed by atoms with Crippen LogP contribution in [0.25, 0.3) is 0 Å². The van der Waals surface area contributed by atoms with Crippen LogP contribution in [-0.4, -0.2) is 43.1 Å². The van der Waals surface area contributed by atoms with E-state index in [1.54, 1.807) is 7.05 Å². The van der Waals surface area contributed by atoms with Gasteiger partial charge in [-0.1, -0.05) is 12.1 Å². The number of hydrogen-bond acceptors (Lipinski definition) is 3. The summed E-state index contributed by atoms with van der Waals surface area (Å²) in [5, 5.41) is 0. The molecule has 1 heterocycles. The van der Waals surface area contributed by atoms with E-state index in [0.717, 1.165) is 0 Å². The molecule has 0 spiro atoms. The zero-order valence-corrected chi connectivity index (χ0v) is 11.1. The van der Waals surface area contributed by atoms with Gasteiger partial charge in [-0.05, 0) is 19.2 Å². The number of piperidine rings is 1. The molecule has 0 bridgehead atoms. The Bertz CT molecular complexity index is 480. The van der Waals surface area contributed by atoms with Crippen LogP contribution >= 0.6 is 0 Å². The van der Waals surface area contributed by atoms with Gasteiger partial charge in [-0.2, -0.15) is 13.2 Å². The zero-order valence-electron chi connectivity index (χ0n) is 11.1. The summed E-state index contributed by atoms with van der Waals surface area (Å²) in [6.45, 7) is 0.653. The summed E-state index contributed by atoms with van der Waals surface area (Å²) in [5.41, 5.74) is -1.87. The van der Waals surface area contributed by atoms with Gasteiger partial charge in [0.25, 0.3) is 0 Å². The first-order valence-electron chi connectivity index (χ1n) is 6.36. The number of halogens is 3. The zero-order chi connectivity index (χ0) is 14.8. The van der Waals surface area contributed by atoms with Gasteiger partial charge < -0.3 is 9.64 Å². The lowest BCUT2D eigenvalue weighted by Crippen LogP contribution is -2.56. The Morgan fingerprint density at radius 2 is 1.95 bits per heavy atom. The highest BCUT2D eigenvalue weighted by Gasteiger charge is 2.58. The van der Waals surface area contributed by atoms with Gasteiger partial charge in [0.05, 0.1) is 0 Å². The summed E-state index contributed by atoms with van der Waals surface area (Å²) < 4.78 is 45.4. The Morgan fingerprint density at radius 1 is 1.30 bits per heavy atom. The fraction of sp³-hybridized carbons (Fsp3) is 0.500. The lowest BCUT2D eigenvalue weighted by Gasteiger charge is -2.41. The van der Waals surface area contributed by atoms with Crippen molar-refractivity contribution in [1.82, 2.24) is 4.90 Å². The van der Waals surface area contributed by atoms with Crippen molar-refractivity contribution in [2.45, 2.75) is 24.6 Å². The third kappa shape index (κ3) is 2.95. The molecule has 0 unspecified atom stereocenters. The molecule has 1 saturated heterocycles. The highest BCUT2D eigenvalue weighted by atomic mass is 19.4. The maximum absolute atomic E-state index is 13.4. The SMILES string of the molecule is CN1CCC(Oc2cccc(C=O)c2)(C(F)(F)F)CC1. The van der Waals surface area contributed by atoms with E-state index < -0.39 is 11.8 Å². The molecule has 1 aliphatic heterocycles. The molecule has 0 aromatic heterocycles. The minimum Gasteiger partial charge on any atom is -0.478 e. The van der Waals surface area contributed by atoms with Crippen molar-refractivity contribution in [2.24, 2.45) is 0 Å². The second kappa shape index (κ2) is 5.44. The molecule has 0 saturated carbocycles. The lowest BCUT2D eigenvalue weighted by atomic mass is 9.90. The number of carbonyl (C=O) groups is 1. The van der Waals surface area contributed by atoms with Crippen LogP contribution in [-0.2, 0) is 0 Å². The van der Waals surface area contributed by atoms with Gasteiger partial charge in [-0.15, -0.1) is 0 Å². The highest BCUT2D eigenvalue weighted by molar-refractivity contribution is 5.75. The van der Waals surface area contributed by atoms with Crippen molar-refractivity contribution in [1.29, 1.82) is 0 Å². The number of alkyl halides is 3. The maximum Gasteiger partial charge on any atom is 0.428 e. The van der Waals surface area contributed by atoms with Crippen LogP contribution in [0.5, 0.6) is 5.75 Å². The fourth-order valence-electron chi connectivity index (χ4n) is 2.30. The summed E-state index contributed by atoms with van der Waals surface area (Å²) in [7, 11) is 1.79. The van der Waals surface area contributed by atoms with Crippen molar-refractivity contribution in [2.75, 3.05) is 20.1 Å². The Labute approximate surface area is 115 Å². The molecule has 0 atom stereocenters. The van der Waals surface area contributed by atoms with Crippen LogP contribution in [0.4, 0.5) is 13.2 Å². The van der Waals surface area contributed by atoms with Crippen molar-refractivity contribution < 1.29 is 22.7 Å². The molecule has 2 rings (SSSR count). The molecular weight excluding hydrogens is 271 g/mol. The first-order chi connectivity index (χ1) is 9.36. The van der Waals surface area contributed by atoms with Gasteiger partial charge in [-0.3, -0.25) is 4.79 Å². The average molecular weight is 287 g/mol. The standard InChI is InChI=1S/C14H16F3NO2/c1-18-7-5-13(6-8-18,14(15,16)17)20-12-4-2-3-11(9-12)10-19/h2-4,9-10H,5-8H2,1H3. The van der Waals surface area contributed by atoms with E-state index in [4.69, 9.17) is 4.74 Å². The van der Waals surface area contributed by atoms with Gasteiger partial charge in [0.1, 0.15) is 12.0 Å². The van der Waals surface area contributed by atoms with E-state index in [2.05, 4.69) is 0 Å². The van der Waals surface area contributed by atoms with Crippen molar-refractivity contribution in [3.8, 4) is 5.75 Å². The minimum absolute atomic E-state index is 0.0801. The first-order valence-corrected chi connectivity index (χ1v) is 6.36. The predicted octanol–water partition coefficient (Wildman–Crippen LogP) is 2.90. The van der Waals surface area contributed by atoms with Crippen LogP contribution < -0.4 is 4.74 Å². The molecule has 20 heavy (non-hydrogen) atoms. The summed E-state index contributed by atoms with van der Waals surface area (Å²) in [4.78, 5) is 12.5. The van der Waals surface area contributed by atoms with Gasteiger partial charge in [0, 0.05) is 31.5 Å². The van der Waals surface area contributed by atoms with Crippen LogP contribution in [0.2, 0.25) is 0 Å². The third-order valence-corrected chi connectivity index (χ3v) is 3.62.